The Kier molecular flexibility index (Phi) is 9.82. The number of aromatic hydroxyl groups is 1. The Morgan fingerprint density at radius 1 is 0.944 bits per heavy atom. The van der Waals surface area contributed by atoms with Crippen LogP contribution in [0.25, 0.3) is 0 Å². The van der Waals surface area contributed by atoms with Crippen molar-refractivity contribution in [1.29, 1.82) is 0 Å². The van der Waals surface area contributed by atoms with Crippen LogP contribution in [0.15, 0.2) is 72.8 Å². The van der Waals surface area contributed by atoms with E-state index in [1.807, 2.05) is 74.5 Å². The molecule has 0 saturated heterocycles. The second kappa shape index (κ2) is 13.0. The summed E-state index contributed by atoms with van der Waals surface area (Å²) in [5.41, 5.74) is 2.83. The fourth-order valence-corrected chi connectivity index (χ4v) is 5.11. The lowest BCUT2D eigenvalue weighted by molar-refractivity contribution is -0.140. The number of hydrogen-bond acceptors (Lipinski definition) is 6. The van der Waals surface area contributed by atoms with Crippen molar-refractivity contribution in [1.82, 2.24) is 4.90 Å². The first kappa shape index (κ1) is 27.1. The number of carbonyl (C=O) groups is 2. The number of methoxy groups -OCH3 is 1. The first-order chi connectivity index (χ1) is 17.3. The summed E-state index contributed by atoms with van der Waals surface area (Å²) in [6, 6.07) is 22.7. The topological polar surface area (TPSA) is 76.1 Å². The van der Waals surface area contributed by atoms with E-state index in [1.165, 1.54) is 20.1 Å². The molecular formula is C29H33NO5S. The van der Waals surface area contributed by atoms with Gasteiger partial charge < -0.3 is 19.5 Å². The largest absolute Gasteiger partial charge is 0.507 e. The molecule has 0 heterocycles. The Bertz CT molecular complexity index is 1110. The average molecular weight is 508 g/mol. The molecule has 36 heavy (non-hydrogen) atoms. The van der Waals surface area contributed by atoms with Gasteiger partial charge in [-0.2, -0.15) is 0 Å². The molecule has 6 nitrogen and oxygen atoms in total. The standard InChI is InChI=1S/C29H33NO5S/c1-20(2)36-27(19-35-21(3)31)28-25(32)15-24(16-26(28)34-4)29(33)30(17-22-11-7-5-8-12-22)18-23-13-9-6-10-14-23/h5-16,20,27,32H,17-19H2,1-4H3. The van der Waals surface area contributed by atoms with Crippen LogP contribution in [-0.4, -0.2) is 40.8 Å². The number of carbonyl (C=O) groups excluding carboxylic acids is 2. The molecule has 0 aliphatic carbocycles. The molecule has 1 unspecified atom stereocenters. The highest BCUT2D eigenvalue weighted by molar-refractivity contribution is 8.00. The molecule has 0 radical (unpaired) electrons. The van der Waals surface area contributed by atoms with E-state index in [0.29, 0.717) is 30.0 Å². The SMILES string of the molecule is COc1cc(C(=O)N(Cc2ccccc2)Cc2ccccc2)cc(O)c1C(COC(C)=O)SC(C)C. The number of thioether (sulfide) groups is 1. The summed E-state index contributed by atoms with van der Waals surface area (Å²) in [4.78, 5) is 26.9. The smallest absolute Gasteiger partial charge is 0.302 e. The molecule has 0 spiro atoms. The molecule has 7 heteroatoms. The Morgan fingerprint density at radius 2 is 1.50 bits per heavy atom. The van der Waals surface area contributed by atoms with Crippen molar-refractivity contribution in [2.75, 3.05) is 13.7 Å². The van der Waals surface area contributed by atoms with Crippen LogP contribution in [0.1, 0.15) is 53.1 Å². The van der Waals surface area contributed by atoms with Crippen LogP contribution in [0.5, 0.6) is 11.5 Å². The first-order valence-electron chi connectivity index (χ1n) is 11.8. The van der Waals surface area contributed by atoms with Gasteiger partial charge >= 0.3 is 5.97 Å². The fourth-order valence-electron chi connectivity index (χ4n) is 3.93. The third-order valence-electron chi connectivity index (χ3n) is 5.50. The summed E-state index contributed by atoms with van der Waals surface area (Å²) < 4.78 is 10.9. The minimum atomic E-state index is -0.396. The Balaban J connectivity index is 1.97. The van der Waals surface area contributed by atoms with Crippen LogP contribution in [0.4, 0.5) is 0 Å². The predicted octanol–water partition coefficient (Wildman–Crippen LogP) is 5.99. The number of rotatable bonds is 11. The van der Waals surface area contributed by atoms with Crippen LogP contribution in [-0.2, 0) is 22.6 Å². The van der Waals surface area contributed by atoms with Crippen molar-refractivity contribution >= 4 is 23.6 Å². The molecule has 0 aliphatic rings. The zero-order valence-corrected chi connectivity index (χ0v) is 22.0. The van der Waals surface area contributed by atoms with Crippen LogP contribution < -0.4 is 4.74 Å². The van der Waals surface area contributed by atoms with Crippen molar-refractivity contribution in [2.45, 2.75) is 44.4 Å². The van der Waals surface area contributed by atoms with Crippen molar-refractivity contribution in [2.24, 2.45) is 0 Å². The summed E-state index contributed by atoms with van der Waals surface area (Å²) in [6.07, 6.45) is 0. The van der Waals surface area contributed by atoms with Gasteiger partial charge in [0.1, 0.15) is 18.1 Å². The Hall–Kier alpha value is -3.45. The molecule has 0 aliphatic heterocycles. The van der Waals surface area contributed by atoms with Crippen LogP contribution in [0, 0.1) is 0 Å². The number of phenolic OH excluding ortho intramolecular Hbond substituents is 1. The highest BCUT2D eigenvalue weighted by atomic mass is 32.2. The summed E-state index contributed by atoms with van der Waals surface area (Å²) in [6.45, 7) is 6.32. The lowest BCUT2D eigenvalue weighted by Crippen LogP contribution is -2.30. The van der Waals surface area contributed by atoms with E-state index in [4.69, 9.17) is 9.47 Å². The molecule has 3 aromatic carbocycles. The van der Waals surface area contributed by atoms with Gasteiger partial charge in [-0.1, -0.05) is 74.5 Å². The van der Waals surface area contributed by atoms with Gasteiger partial charge in [-0.05, 0) is 28.5 Å². The quantitative estimate of drug-likeness (QED) is 0.321. The second-order valence-corrected chi connectivity index (χ2v) is 10.5. The number of esters is 1. The molecule has 0 saturated carbocycles. The van der Waals surface area contributed by atoms with Gasteiger partial charge in [-0.3, -0.25) is 9.59 Å². The Morgan fingerprint density at radius 3 is 1.97 bits per heavy atom. The van der Waals surface area contributed by atoms with Gasteiger partial charge in [0.15, 0.2) is 0 Å². The van der Waals surface area contributed by atoms with Gasteiger partial charge in [-0.25, -0.2) is 0 Å². The molecule has 190 valence electrons. The van der Waals surface area contributed by atoms with Gasteiger partial charge in [0.25, 0.3) is 5.91 Å². The van der Waals surface area contributed by atoms with E-state index < -0.39 is 5.97 Å². The molecule has 3 aromatic rings. The van der Waals surface area contributed by atoms with Crippen molar-refractivity contribution in [3.63, 3.8) is 0 Å². The normalized spacial score (nSPS) is 11.7. The molecule has 3 rings (SSSR count). The molecular weight excluding hydrogens is 474 g/mol. The van der Waals surface area contributed by atoms with E-state index >= 15 is 0 Å². The van der Waals surface area contributed by atoms with E-state index in [-0.39, 0.29) is 28.8 Å². The summed E-state index contributed by atoms with van der Waals surface area (Å²) in [5, 5.41) is 10.9. The Labute approximate surface area is 217 Å². The number of benzene rings is 3. The second-order valence-electron chi connectivity index (χ2n) is 8.72. The van der Waals surface area contributed by atoms with E-state index in [1.54, 1.807) is 22.7 Å². The molecule has 1 N–H and O–H groups in total. The number of hydrogen-bond donors (Lipinski definition) is 1. The molecule has 1 atom stereocenters. The van der Waals surface area contributed by atoms with Gasteiger partial charge in [0, 0.05) is 25.6 Å². The van der Waals surface area contributed by atoms with Gasteiger partial charge in [-0.15, -0.1) is 11.8 Å². The zero-order chi connectivity index (χ0) is 26.1. The maximum absolute atomic E-state index is 13.7. The van der Waals surface area contributed by atoms with E-state index in [0.717, 1.165) is 11.1 Å². The highest BCUT2D eigenvalue weighted by Crippen LogP contribution is 2.43. The predicted molar refractivity (Wildman–Crippen MR) is 143 cm³/mol. The lowest BCUT2D eigenvalue weighted by atomic mass is 10.0. The molecule has 0 fully saturated rings. The monoisotopic (exact) mass is 507 g/mol. The number of ether oxygens (including phenoxy) is 2. The van der Waals surface area contributed by atoms with Crippen molar-refractivity contribution in [3.05, 3.63) is 95.1 Å². The van der Waals surface area contributed by atoms with Crippen molar-refractivity contribution < 1.29 is 24.2 Å². The van der Waals surface area contributed by atoms with Crippen LogP contribution in [0.2, 0.25) is 0 Å². The average Bonchev–Trinajstić information content (AvgIpc) is 2.86. The minimum absolute atomic E-state index is 0.0672. The third kappa shape index (κ3) is 7.52. The third-order valence-corrected chi connectivity index (χ3v) is 6.75. The fraction of sp³-hybridized carbons (Fsp3) is 0.310. The molecule has 0 aromatic heterocycles. The van der Waals surface area contributed by atoms with Gasteiger partial charge in [0.05, 0.1) is 17.9 Å². The van der Waals surface area contributed by atoms with E-state index in [9.17, 15) is 14.7 Å². The maximum atomic E-state index is 13.7. The highest BCUT2D eigenvalue weighted by Gasteiger charge is 2.27. The van der Waals surface area contributed by atoms with E-state index in [2.05, 4.69) is 0 Å². The zero-order valence-electron chi connectivity index (χ0n) is 21.1. The van der Waals surface area contributed by atoms with Crippen molar-refractivity contribution in [3.8, 4) is 11.5 Å². The maximum Gasteiger partial charge on any atom is 0.302 e. The lowest BCUT2D eigenvalue weighted by Gasteiger charge is -2.25. The first-order valence-corrected chi connectivity index (χ1v) is 12.8. The number of phenols is 1. The molecule has 0 bridgehead atoms. The summed E-state index contributed by atoms with van der Waals surface area (Å²) >= 11 is 1.55. The van der Waals surface area contributed by atoms with Gasteiger partial charge in [0.2, 0.25) is 0 Å². The number of amides is 1. The van der Waals surface area contributed by atoms with Crippen LogP contribution >= 0.6 is 11.8 Å². The summed E-state index contributed by atoms with van der Waals surface area (Å²) in [5.74, 6) is -0.312. The number of nitrogens with zero attached hydrogens (tertiary/aromatic N) is 1. The minimum Gasteiger partial charge on any atom is -0.507 e. The van der Waals surface area contributed by atoms with Crippen LogP contribution in [0.3, 0.4) is 0 Å². The summed E-state index contributed by atoms with van der Waals surface area (Å²) in [7, 11) is 1.50. The molecule has 1 amide bonds.